The molecule has 6 heteroatoms. The Morgan fingerprint density at radius 2 is 2.00 bits per heavy atom. The Morgan fingerprint density at radius 1 is 1.21 bits per heavy atom. The van der Waals surface area contributed by atoms with E-state index in [1.165, 1.54) is 18.2 Å². The topological polar surface area (TPSA) is 34.4 Å². The monoisotopic (exact) mass is 271 g/mol. The Kier molecular flexibility index (Phi) is 3.80. The van der Waals surface area contributed by atoms with Gasteiger partial charge in [-0.1, -0.05) is 12.1 Å². The quantitative estimate of drug-likeness (QED) is 0.923. The van der Waals surface area contributed by atoms with Gasteiger partial charge in [0.2, 0.25) is 0 Å². The molecule has 2 rings (SSSR count). The first-order chi connectivity index (χ1) is 8.98. The third-order valence-electron chi connectivity index (χ3n) is 2.36. The minimum absolute atomic E-state index is 0.267. The lowest BCUT2D eigenvalue weighted by Gasteiger charge is -2.09. The molecule has 0 aliphatic rings. The molecular weight excluding hydrogens is 259 g/mol. The lowest BCUT2D eigenvalue weighted by atomic mass is 10.2. The summed E-state index contributed by atoms with van der Waals surface area (Å²) in [6.45, 7) is 0.554. The van der Waals surface area contributed by atoms with Crippen molar-refractivity contribution in [1.82, 2.24) is 5.32 Å². The normalized spacial score (nSPS) is 11.6. The number of ether oxygens (including phenoxy) is 1. The van der Waals surface area contributed by atoms with Crippen molar-refractivity contribution in [2.75, 3.05) is 7.05 Å². The molecule has 1 aromatic carbocycles. The minimum Gasteiger partial charge on any atom is -0.460 e. The molecule has 1 N–H and O–H groups in total. The first-order valence-electron chi connectivity index (χ1n) is 5.57. The van der Waals surface area contributed by atoms with Crippen LogP contribution in [0.5, 0.6) is 5.75 Å². The van der Waals surface area contributed by atoms with Crippen LogP contribution in [0.3, 0.4) is 0 Å². The number of benzene rings is 1. The van der Waals surface area contributed by atoms with Crippen LogP contribution < -0.4 is 10.1 Å². The van der Waals surface area contributed by atoms with Crippen molar-refractivity contribution >= 4 is 0 Å². The summed E-state index contributed by atoms with van der Waals surface area (Å²) >= 11 is 0. The van der Waals surface area contributed by atoms with E-state index in [1.807, 2.05) is 0 Å². The minimum atomic E-state index is -4.70. The van der Waals surface area contributed by atoms with E-state index in [0.717, 1.165) is 0 Å². The second kappa shape index (κ2) is 5.36. The van der Waals surface area contributed by atoms with Crippen LogP contribution in [0.1, 0.15) is 5.76 Å². The highest BCUT2D eigenvalue weighted by molar-refractivity contribution is 5.59. The number of alkyl halides is 3. The molecule has 0 radical (unpaired) electrons. The molecule has 0 bridgehead atoms. The Hall–Kier alpha value is -1.95. The second-order valence-corrected chi connectivity index (χ2v) is 3.87. The molecule has 0 spiro atoms. The van der Waals surface area contributed by atoms with Crippen LogP contribution in [0.4, 0.5) is 13.2 Å². The molecule has 0 unspecified atom stereocenters. The Balaban J connectivity index is 2.22. The van der Waals surface area contributed by atoms with Crippen LogP contribution in [0.2, 0.25) is 0 Å². The third kappa shape index (κ3) is 3.75. The van der Waals surface area contributed by atoms with Crippen LogP contribution in [0.15, 0.2) is 40.8 Å². The van der Waals surface area contributed by atoms with Crippen LogP contribution in [-0.2, 0) is 6.54 Å². The fourth-order valence-corrected chi connectivity index (χ4v) is 1.65. The van der Waals surface area contributed by atoms with Crippen LogP contribution in [0.25, 0.3) is 11.3 Å². The molecule has 0 fully saturated rings. The number of rotatable bonds is 4. The molecule has 0 amide bonds. The molecule has 3 nitrogen and oxygen atoms in total. The summed E-state index contributed by atoms with van der Waals surface area (Å²) in [5.74, 6) is 0.939. The van der Waals surface area contributed by atoms with E-state index in [0.29, 0.717) is 23.6 Å². The van der Waals surface area contributed by atoms with Gasteiger partial charge in [0.1, 0.15) is 17.3 Å². The van der Waals surface area contributed by atoms with Gasteiger partial charge in [-0.2, -0.15) is 0 Å². The first-order valence-corrected chi connectivity index (χ1v) is 5.57. The summed E-state index contributed by atoms with van der Waals surface area (Å²) in [4.78, 5) is 0. The van der Waals surface area contributed by atoms with Crippen molar-refractivity contribution < 1.29 is 22.3 Å². The summed E-state index contributed by atoms with van der Waals surface area (Å²) in [7, 11) is 1.78. The van der Waals surface area contributed by atoms with Crippen molar-refractivity contribution in [3.05, 3.63) is 42.2 Å². The maximum Gasteiger partial charge on any atom is 0.573 e. The highest BCUT2D eigenvalue weighted by Crippen LogP contribution is 2.28. The zero-order valence-corrected chi connectivity index (χ0v) is 10.1. The van der Waals surface area contributed by atoms with E-state index in [4.69, 9.17) is 4.42 Å². The SMILES string of the molecule is CNCc1ccc(-c2cccc(OC(F)(F)F)c2)o1. The molecule has 0 saturated carbocycles. The summed E-state index contributed by atoms with van der Waals surface area (Å²) in [6, 6.07) is 9.15. The average Bonchev–Trinajstić information content (AvgIpc) is 2.76. The van der Waals surface area contributed by atoms with Gasteiger partial charge in [0.25, 0.3) is 0 Å². The van der Waals surface area contributed by atoms with E-state index in [1.54, 1.807) is 25.2 Å². The number of hydrogen-bond acceptors (Lipinski definition) is 3. The molecule has 2 aromatic rings. The Labute approximate surface area is 108 Å². The van der Waals surface area contributed by atoms with Crippen LogP contribution in [0, 0.1) is 0 Å². The number of hydrogen-bond donors (Lipinski definition) is 1. The predicted octanol–water partition coefficient (Wildman–Crippen LogP) is 3.56. The fraction of sp³-hybridized carbons (Fsp3) is 0.231. The lowest BCUT2D eigenvalue weighted by Crippen LogP contribution is -2.17. The fourth-order valence-electron chi connectivity index (χ4n) is 1.65. The van der Waals surface area contributed by atoms with E-state index >= 15 is 0 Å². The second-order valence-electron chi connectivity index (χ2n) is 3.87. The smallest absolute Gasteiger partial charge is 0.460 e. The Morgan fingerprint density at radius 3 is 2.68 bits per heavy atom. The van der Waals surface area contributed by atoms with Crippen molar-refractivity contribution in [2.45, 2.75) is 12.9 Å². The molecule has 0 saturated heterocycles. The third-order valence-corrected chi connectivity index (χ3v) is 2.36. The van der Waals surface area contributed by atoms with E-state index in [-0.39, 0.29) is 5.75 Å². The molecule has 0 aliphatic heterocycles. The highest BCUT2D eigenvalue weighted by atomic mass is 19.4. The van der Waals surface area contributed by atoms with Gasteiger partial charge in [-0.15, -0.1) is 13.2 Å². The van der Waals surface area contributed by atoms with Gasteiger partial charge in [0.05, 0.1) is 6.54 Å². The van der Waals surface area contributed by atoms with Gasteiger partial charge in [-0.05, 0) is 31.3 Å². The van der Waals surface area contributed by atoms with Gasteiger partial charge in [0.15, 0.2) is 0 Å². The first kappa shape index (κ1) is 13.5. The van der Waals surface area contributed by atoms with Gasteiger partial charge < -0.3 is 14.5 Å². The number of furan rings is 1. The molecule has 102 valence electrons. The predicted molar refractivity (Wildman–Crippen MR) is 63.6 cm³/mol. The molecule has 1 heterocycles. The molecule has 19 heavy (non-hydrogen) atoms. The van der Waals surface area contributed by atoms with Gasteiger partial charge >= 0.3 is 6.36 Å². The number of halogens is 3. The summed E-state index contributed by atoms with van der Waals surface area (Å²) in [5.41, 5.74) is 0.532. The summed E-state index contributed by atoms with van der Waals surface area (Å²) < 4.78 is 45.7. The van der Waals surface area contributed by atoms with Crippen molar-refractivity contribution in [3.8, 4) is 17.1 Å². The maximum absolute atomic E-state index is 12.1. The van der Waals surface area contributed by atoms with Gasteiger partial charge in [0, 0.05) is 5.56 Å². The van der Waals surface area contributed by atoms with E-state index in [2.05, 4.69) is 10.1 Å². The highest BCUT2D eigenvalue weighted by Gasteiger charge is 2.31. The zero-order valence-electron chi connectivity index (χ0n) is 10.1. The summed E-state index contributed by atoms with van der Waals surface area (Å²) in [5, 5.41) is 2.92. The van der Waals surface area contributed by atoms with Crippen LogP contribution >= 0.6 is 0 Å². The van der Waals surface area contributed by atoms with Gasteiger partial charge in [-0.3, -0.25) is 0 Å². The van der Waals surface area contributed by atoms with E-state index < -0.39 is 6.36 Å². The van der Waals surface area contributed by atoms with Crippen molar-refractivity contribution in [1.29, 1.82) is 0 Å². The summed E-state index contributed by atoms with van der Waals surface area (Å²) in [6.07, 6.45) is -4.70. The zero-order chi connectivity index (χ0) is 13.9. The standard InChI is InChI=1S/C13H12F3NO2/c1-17-8-11-5-6-12(18-11)9-3-2-4-10(7-9)19-13(14,15)16/h2-7,17H,8H2,1H3. The van der Waals surface area contributed by atoms with Crippen molar-refractivity contribution in [3.63, 3.8) is 0 Å². The molecular formula is C13H12F3NO2. The molecule has 1 aromatic heterocycles. The molecule has 0 aliphatic carbocycles. The lowest BCUT2D eigenvalue weighted by molar-refractivity contribution is -0.274. The Bertz CT molecular complexity index is 549. The average molecular weight is 271 g/mol. The van der Waals surface area contributed by atoms with Crippen molar-refractivity contribution in [2.24, 2.45) is 0 Å². The van der Waals surface area contributed by atoms with E-state index in [9.17, 15) is 13.2 Å². The largest absolute Gasteiger partial charge is 0.573 e. The maximum atomic E-state index is 12.1. The van der Waals surface area contributed by atoms with Gasteiger partial charge in [-0.25, -0.2) is 0 Å². The van der Waals surface area contributed by atoms with Crippen LogP contribution in [-0.4, -0.2) is 13.4 Å². The number of nitrogens with one attached hydrogen (secondary N) is 1. The molecule has 0 atom stereocenters.